The van der Waals surface area contributed by atoms with Crippen LogP contribution in [0.1, 0.15) is 30.9 Å². The van der Waals surface area contributed by atoms with Crippen LogP contribution in [0.2, 0.25) is 0 Å². The molecule has 1 rings (SSSR count). The van der Waals surface area contributed by atoms with Crippen LogP contribution in [0.3, 0.4) is 0 Å². The fourth-order valence-electron chi connectivity index (χ4n) is 2.02. The average molecular weight is 443 g/mol. The van der Waals surface area contributed by atoms with E-state index in [1.165, 1.54) is 0 Å². The van der Waals surface area contributed by atoms with E-state index in [4.69, 9.17) is 22.9 Å². The summed E-state index contributed by atoms with van der Waals surface area (Å²) < 4.78 is 0. The largest absolute Gasteiger partial charge is 0.388 e. The number of nitrogens with two attached hydrogens (primary N) is 4. The molecule has 0 saturated heterocycles. The van der Waals surface area contributed by atoms with Crippen molar-refractivity contribution in [1.29, 1.82) is 0 Å². The highest BCUT2D eigenvalue weighted by atomic mass is 35.5. The molecule has 0 bridgehead atoms. The second-order valence-electron chi connectivity index (χ2n) is 5.55. The Kier molecular flexibility index (Phi) is 18.3. The third-order valence-electron chi connectivity index (χ3n) is 3.27. The van der Waals surface area contributed by atoms with E-state index in [1.54, 1.807) is 6.92 Å². The van der Waals surface area contributed by atoms with Gasteiger partial charge in [-0.15, -0.1) is 37.2 Å². The first-order valence-corrected chi connectivity index (χ1v) is 7.81. The van der Waals surface area contributed by atoms with Crippen LogP contribution >= 0.6 is 37.2 Å². The molecule has 9 N–H and O–H groups in total. The highest BCUT2D eigenvalue weighted by molar-refractivity contribution is 5.86. The Morgan fingerprint density at radius 2 is 1.74 bits per heavy atom. The van der Waals surface area contributed by atoms with Gasteiger partial charge in [0.05, 0.1) is 18.4 Å². The van der Waals surface area contributed by atoms with Crippen molar-refractivity contribution in [2.45, 2.75) is 38.9 Å². The van der Waals surface area contributed by atoms with Gasteiger partial charge in [-0.25, -0.2) is 0 Å². The van der Waals surface area contributed by atoms with E-state index < -0.39 is 6.04 Å². The van der Waals surface area contributed by atoms with Crippen LogP contribution in [0.15, 0.2) is 34.3 Å². The van der Waals surface area contributed by atoms with Crippen LogP contribution in [-0.2, 0) is 17.9 Å². The fourth-order valence-corrected chi connectivity index (χ4v) is 2.02. The molecule has 0 aliphatic carbocycles. The molecule has 156 valence electrons. The van der Waals surface area contributed by atoms with Gasteiger partial charge in [-0.3, -0.25) is 14.8 Å². The van der Waals surface area contributed by atoms with Crippen LogP contribution in [0.5, 0.6) is 0 Å². The Hall–Kier alpha value is -1.74. The lowest BCUT2D eigenvalue weighted by Crippen LogP contribution is -2.40. The Bertz CT molecular complexity index is 603. The number of benzene rings is 1. The van der Waals surface area contributed by atoms with Crippen molar-refractivity contribution in [1.82, 2.24) is 5.32 Å². The normalized spacial score (nSPS) is 11.1. The Labute approximate surface area is 178 Å². The van der Waals surface area contributed by atoms with Crippen LogP contribution < -0.4 is 28.3 Å². The fraction of sp³-hybridized carbons (Fsp3) is 0.438. The quantitative estimate of drug-likeness (QED) is 0.217. The second kappa shape index (κ2) is 16.4. The molecular weight excluding hydrogens is 413 g/mol. The number of hydrogen-bond donors (Lipinski definition) is 5. The molecule has 0 aliphatic heterocycles. The minimum Gasteiger partial charge on any atom is -0.388 e. The predicted octanol–water partition coefficient (Wildman–Crippen LogP) is 0.826. The molecule has 1 amide bonds. The van der Waals surface area contributed by atoms with Gasteiger partial charge in [-0.2, -0.15) is 0 Å². The number of aliphatic imine (C=N–C) groups is 2. The number of amides is 1. The number of amidine groups is 1. The molecule has 0 aliphatic rings. The third-order valence-corrected chi connectivity index (χ3v) is 3.27. The van der Waals surface area contributed by atoms with Gasteiger partial charge in [0.2, 0.25) is 5.91 Å². The lowest BCUT2D eigenvalue weighted by molar-refractivity contribution is -0.122. The van der Waals surface area contributed by atoms with Gasteiger partial charge < -0.3 is 28.3 Å². The minimum absolute atomic E-state index is 0. The zero-order valence-electron chi connectivity index (χ0n) is 15.3. The van der Waals surface area contributed by atoms with Crippen molar-refractivity contribution in [3.63, 3.8) is 0 Å². The van der Waals surface area contributed by atoms with Crippen molar-refractivity contribution in [3.05, 3.63) is 35.4 Å². The van der Waals surface area contributed by atoms with E-state index in [-0.39, 0.29) is 49.1 Å². The SMILES string of the molecule is CC(N)=NCc1cccc(CNC(=O)[C@@H](N)CCCN=C(N)N)c1.Cl.Cl.Cl. The molecule has 1 aromatic rings. The molecule has 27 heavy (non-hydrogen) atoms. The summed E-state index contributed by atoms with van der Waals surface area (Å²) in [6, 6.07) is 7.23. The van der Waals surface area contributed by atoms with Crippen molar-refractivity contribution >= 4 is 54.9 Å². The number of hydrogen-bond acceptors (Lipinski definition) is 4. The Morgan fingerprint density at radius 1 is 1.11 bits per heavy atom. The van der Waals surface area contributed by atoms with Crippen molar-refractivity contribution in [3.8, 4) is 0 Å². The summed E-state index contributed by atoms with van der Waals surface area (Å²) >= 11 is 0. The molecule has 0 aromatic heterocycles. The van der Waals surface area contributed by atoms with E-state index in [2.05, 4.69) is 15.3 Å². The zero-order valence-corrected chi connectivity index (χ0v) is 17.7. The molecule has 8 nitrogen and oxygen atoms in total. The van der Waals surface area contributed by atoms with Gasteiger partial charge in [-0.05, 0) is 30.9 Å². The minimum atomic E-state index is -0.577. The summed E-state index contributed by atoms with van der Waals surface area (Å²) in [4.78, 5) is 20.0. The first kappa shape index (κ1) is 30.0. The number of nitrogens with zero attached hydrogens (tertiary/aromatic N) is 2. The van der Waals surface area contributed by atoms with E-state index in [1.807, 2.05) is 24.3 Å². The molecule has 1 aromatic carbocycles. The molecule has 0 heterocycles. The molecule has 0 fully saturated rings. The maximum atomic E-state index is 12.0. The first-order valence-electron chi connectivity index (χ1n) is 7.81. The van der Waals surface area contributed by atoms with Crippen molar-refractivity contribution < 1.29 is 4.79 Å². The summed E-state index contributed by atoms with van der Waals surface area (Å²) in [6.45, 7) is 3.15. The van der Waals surface area contributed by atoms with Crippen molar-refractivity contribution in [2.24, 2.45) is 32.9 Å². The molecule has 0 spiro atoms. The van der Waals surface area contributed by atoms with E-state index >= 15 is 0 Å². The average Bonchev–Trinajstić information content (AvgIpc) is 2.54. The smallest absolute Gasteiger partial charge is 0.237 e. The van der Waals surface area contributed by atoms with Gasteiger partial charge >= 0.3 is 0 Å². The lowest BCUT2D eigenvalue weighted by atomic mass is 10.1. The van der Waals surface area contributed by atoms with Crippen LogP contribution in [-0.4, -0.2) is 30.3 Å². The standard InChI is InChI=1S/C16H27N7O.3ClH/c1-11(17)22-9-12-4-2-5-13(8-12)10-23-15(24)14(18)6-3-7-21-16(19)20;;;/h2,4-5,8,14H,3,6-7,9-10,18H2,1H3,(H2,17,22)(H,23,24)(H4,19,20,21);3*1H/t14-;;;/m0.../s1. The van der Waals surface area contributed by atoms with Crippen LogP contribution in [0.25, 0.3) is 0 Å². The summed E-state index contributed by atoms with van der Waals surface area (Å²) in [5.41, 5.74) is 23.9. The molecule has 11 heteroatoms. The number of guanidine groups is 1. The topological polar surface area (TPSA) is 158 Å². The molecule has 0 saturated carbocycles. The first-order chi connectivity index (χ1) is 11.4. The number of nitrogens with one attached hydrogen (secondary N) is 1. The van der Waals surface area contributed by atoms with Gasteiger partial charge in [0.25, 0.3) is 0 Å². The Balaban J connectivity index is -0.00000192. The molecule has 0 unspecified atom stereocenters. The lowest BCUT2D eigenvalue weighted by Gasteiger charge is -2.12. The summed E-state index contributed by atoms with van der Waals surface area (Å²) in [5.74, 6) is 0.392. The molecular formula is C16H30Cl3N7O. The van der Waals surface area contributed by atoms with E-state index in [0.717, 1.165) is 11.1 Å². The van der Waals surface area contributed by atoms with E-state index in [9.17, 15) is 4.79 Å². The van der Waals surface area contributed by atoms with Crippen LogP contribution in [0, 0.1) is 0 Å². The Morgan fingerprint density at radius 3 is 2.33 bits per heavy atom. The molecule has 1 atom stereocenters. The maximum Gasteiger partial charge on any atom is 0.237 e. The number of carbonyl (C=O) groups excluding carboxylic acids is 1. The van der Waals surface area contributed by atoms with Crippen molar-refractivity contribution in [2.75, 3.05) is 6.54 Å². The van der Waals surface area contributed by atoms with Gasteiger partial charge in [-0.1, -0.05) is 24.3 Å². The van der Waals surface area contributed by atoms with Gasteiger partial charge in [0.1, 0.15) is 0 Å². The monoisotopic (exact) mass is 441 g/mol. The summed E-state index contributed by atoms with van der Waals surface area (Å²) in [7, 11) is 0. The van der Waals surface area contributed by atoms with Crippen LogP contribution in [0.4, 0.5) is 0 Å². The highest BCUT2D eigenvalue weighted by Gasteiger charge is 2.12. The number of carbonyl (C=O) groups is 1. The second-order valence-corrected chi connectivity index (χ2v) is 5.55. The number of rotatable bonds is 9. The number of halogens is 3. The van der Waals surface area contributed by atoms with Gasteiger partial charge in [0.15, 0.2) is 5.96 Å². The zero-order chi connectivity index (χ0) is 17.9. The maximum absolute atomic E-state index is 12.0. The van der Waals surface area contributed by atoms with Gasteiger partial charge in [0, 0.05) is 13.1 Å². The predicted molar refractivity (Wildman–Crippen MR) is 119 cm³/mol. The summed E-state index contributed by atoms with van der Waals surface area (Å²) in [5, 5.41) is 2.83. The van der Waals surface area contributed by atoms with E-state index in [0.29, 0.717) is 38.3 Å². The summed E-state index contributed by atoms with van der Waals surface area (Å²) in [6.07, 6.45) is 1.17. The third kappa shape index (κ3) is 14.0. The molecule has 0 radical (unpaired) electrons. The highest BCUT2D eigenvalue weighted by Crippen LogP contribution is 2.07.